The molecule has 1 fully saturated rings. The summed E-state index contributed by atoms with van der Waals surface area (Å²) in [6, 6.07) is 4.93. The zero-order chi connectivity index (χ0) is 15.3. The fourth-order valence-corrected chi connectivity index (χ4v) is 3.09. The van der Waals surface area contributed by atoms with Crippen LogP contribution in [0, 0.1) is 10.8 Å². The number of ketones is 1. The first-order valence-electron chi connectivity index (χ1n) is 6.29. The Hall–Kier alpha value is -1.06. The average molecular weight is 315 g/mol. The fourth-order valence-electron chi connectivity index (χ4n) is 2.59. The van der Waals surface area contributed by atoms with Crippen molar-refractivity contribution in [1.29, 1.82) is 0 Å². The van der Waals surface area contributed by atoms with Crippen molar-refractivity contribution in [3.63, 3.8) is 0 Å². The second-order valence-electron chi connectivity index (χ2n) is 6.13. The summed E-state index contributed by atoms with van der Waals surface area (Å²) in [7, 11) is 0. The standard InChI is InChI=1S/C15H16Cl2O3/c1-14(2)11(9-6-5-8(16)7-10(9)17)20-13(19)15(3,4)12(14)18/h5-7,11H,1-4H3/t11-/m1/s1. The number of benzene rings is 1. The Kier molecular flexibility index (Phi) is 3.64. The molecular formula is C15H16Cl2O3. The van der Waals surface area contributed by atoms with Crippen LogP contribution in [0.15, 0.2) is 18.2 Å². The molecule has 0 amide bonds. The van der Waals surface area contributed by atoms with Crippen LogP contribution >= 0.6 is 23.2 Å². The van der Waals surface area contributed by atoms with Gasteiger partial charge in [-0.15, -0.1) is 0 Å². The predicted molar refractivity (Wildman–Crippen MR) is 77.9 cm³/mol. The van der Waals surface area contributed by atoms with Gasteiger partial charge in [-0.25, -0.2) is 0 Å². The Bertz CT molecular complexity index is 591. The molecule has 0 spiro atoms. The lowest BCUT2D eigenvalue weighted by atomic mass is 9.67. The first-order chi connectivity index (χ1) is 9.08. The van der Waals surface area contributed by atoms with Crippen molar-refractivity contribution in [3.8, 4) is 0 Å². The van der Waals surface area contributed by atoms with Crippen LogP contribution in [0.5, 0.6) is 0 Å². The largest absolute Gasteiger partial charge is 0.456 e. The Balaban J connectivity index is 2.52. The van der Waals surface area contributed by atoms with Crippen molar-refractivity contribution < 1.29 is 14.3 Å². The number of carbonyl (C=O) groups excluding carboxylic acids is 2. The minimum atomic E-state index is -1.14. The smallest absolute Gasteiger partial charge is 0.319 e. The van der Waals surface area contributed by atoms with E-state index in [9.17, 15) is 9.59 Å². The minimum Gasteiger partial charge on any atom is -0.456 e. The third-order valence-electron chi connectivity index (χ3n) is 3.79. The van der Waals surface area contributed by atoms with Gasteiger partial charge in [-0.05, 0) is 39.8 Å². The third-order valence-corrected chi connectivity index (χ3v) is 4.35. The quantitative estimate of drug-likeness (QED) is 0.576. The van der Waals surface area contributed by atoms with Crippen molar-refractivity contribution in [1.82, 2.24) is 0 Å². The number of carbonyl (C=O) groups is 2. The molecule has 1 aromatic carbocycles. The van der Waals surface area contributed by atoms with Crippen LogP contribution in [0.25, 0.3) is 0 Å². The Morgan fingerprint density at radius 2 is 1.70 bits per heavy atom. The van der Waals surface area contributed by atoms with Gasteiger partial charge < -0.3 is 4.74 Å². The molecule has 0 radical (unpaired) electrons. The normalized spacial score (nSPS) is 24.4. The van der Waals surface area contributed by atoms with Gasteiger partial charge in [0.05, 0.1) is 5.41 Å². The second-order valence-corrected chi connectivity index (χ2v) is 6.97. The van der Waals surface area contributed by atoms with Crippen molar-refractivity contribution in [2.24, 2.45) is 10.8 Å². The zero-order valence-electron chi connectivity index (χ0n) is 11.8. The van der Waals surface area contributed by atoms with Crippen molar-refractivity contribution in [2.45, 2.75) is 33.8 Å². The third kappa shape index (κ3) is 2.23. The van der Waals surface area contributed by atoms with Gasteiger partial charge in [0.25, 0.3) is 0 Å². The topological polar surface area (TPSA) is 43.4 Å². The summed E-state index contributed by atoms with van der Waals surface area (Å²) in [6.45, 7) is 6.69. The maximum absolute atomic E-state index is 12.6. The van der Waals surface area contributed by atoms with Crippen LogP contribution in [-0.4, -0.2) is 11.8 Å². The SMILES string of the molecule is CC1(C)C(=O)O[C@H](c2ccc(Cl)cc2Cl)C(C)(C)C1=O. The van der Waals surface area contributed by atoms with E-state index >= 15 is 0 Å². The first-order valence-corrected chi connectivity index (χ1v) is 7.05. The maximum atomic E-state index is 12.6. The summed E-state index contributed by atoms with van der Waals surface area (Å²) in [4.78, 5) is 24.6. The molecule has 1 heterocycles. The van der Waals surface area contributed by atoms with E-state index in [-0.39, 0.29) is 5.78 Å². The average Bonchev–Trinajstić information content (AvgIpc) is 2.33. The van der Waals surface area contributed by atoms with E-state index in [0.717, 1.165) is 0 Å². The van der Waals surface area contributed by atoms with Gasteiger partial charge in [-0.2, -0.15) is 0 Å². The molecule has 0 aliphatic carbocycles. The molecule has 0 unspecified atom stereocenters. The lowest BCUT2D eigenvalue weighted by Gasteiger charge is -2.43. The van der Waals surface area contributed by atoms with Crippen LogP contribution < -0.4 is 0 Å². The Labute approximate surface area is 128 Å². The Morgan fingerprint density at radius 1 is 1.10 bits per heavy atom. The van der Waals surface area contributed by atoms with E-state index in [2.05, 4.69) is 0 Å². The van der Waals surface area contributed by atoms with E-state index in [1.54, 1.807) is 45.9 Å². The van der Waals surface area contributed by atoms with Gasteiger partial charge in [0.15, 0.2) is 5.78 Å². The first kappa shape index (κ1) is 15.3. The van der Waals surface area contributed by atoms with E-state index in [1.807, 2.05) is 0 Å². The Morgan fingerprint density at radius 3 is 2.25 bits per heavy atom. The lowest BCUT2D eigenvalue weighted by Crippen LogP contribution is -2.52. The van der Waals surface area contributed by atoms with Crippen LogP contribution in [0.4, 0.5) is 0 Å². The molecule has 3 nitrogen and oxygen atoms in total. The predicted octanol–water partition coefficient (Wildman–Crippen LogP) is 4.21. The highest BCUT2D eigenvalue weighted by molar-refractivity contribution is 6.35. The number of hydrogen-bond acceptors (Lipinski definition) is 3. The molecule has 0 saturated carbocycles. The van der Waals surface area contributed by atoms with E-state index < -0.39 is 22.9 Å². The molecule has 1 saturated heterocycles. The van der Waals surface area contributed by atoms with Crippen LogP contribution in [0.3, 0.4) is 0 Å². The highest BCUT2D eigenvalue weighted by Gasteiger charge is 2.55. The lowest BCUT2D eigenvalue weighted by molar-refractivity contribution is -0.186. The van der Waals surface area contributed by atoms with Gasteiger partial charge in [-0.1, -0.05) is 29.3 Å². The maximum Gasteiger partial charge on any atom is 0.319 e. The highest BCUT2D eigenvalue weighted by Crippen LogP contribution is 2.49. The number of rotatable bonds is 1. The van der Waals surface area contributed by atoms with Crippen molar-refractivity contribution >= 4 is 35.0 Å². The minimum absolute atomic E-state index is 0.155. The zero-order valence-corrected chi connectivity index (χ0v) is 13.3. The molecule has 1 aromatic rings. The summed E-state index contributed by atoms with van der Waals surface area (Å²) < 4.78 is 5.51. The number of cyclic esters (lactones) is 1. The van der Waals surface area contributed by atoms with E-state index in [4.69, 9.17) is 27.9 Å². The monoisotopic (exact) mass is 314 g/mol. The van der Waals surface area contributed by atoms with Gasteiger partial charge in [0.2, 0.25) is 0 Å². The molecular weight excluding hydrogens is 299 g/mol. The molecule has 0 bridgehead atoms. The number of Topliss-reactive ketones (excluding diaryl/α,β-unsaturated/α-hetero) is 1. The van der Waals surface area contributed by atoms with Gasteiger partial charge in [-0.3, -0.25) is 9.59 Å². The fraction of sp³-hybridized carbons (Fsp3) is 0.467. The molecule has 2 rings (SSSR count). The molecule has 1 aliphatic heterocycles. The summed E-state index contributed by atoms with van der Waals surface area (Å²) in [5.41, 5.74) is -1.40. The summed E-state index contributed by atoms with van der Waals surface area (Å²) in [5.74, 6) is -0.685. The van der Waals surface area contributed by atoms with E-state index in [1.165, 1.54) is 0 Å². The van der Waals surface area contributed by atoms with Gasteiger partial charge in [0, 0.05) is 15.6 Å². The molecule has 20 heavy (non-hydrogen) atoms. The summed E-state index contributed by atoms with van der Waals surface area (Å²) in [5, 5.41) is 0.876. The number of ether oxygens (including phenoxy) is 1. The molecule has 1 aliphatic rings. The number of esters is 1. The number of hydrogen-bond donors (Lipinski definition) is 0. The van der Waals surface area contributed by atoms with Crippen LogP contribution in [0.1, 0.15) is 39.4 Å². The van der Waals surface area contributed by atoms with Crippen molar-refractivity contribution in [2.75, 3.05) is 0 Å². The molecule has 0 N–H and O–H groups in total. The highest BCUT2D eigenvalue weighted by atomic mass is 35.5. The van der Waals surface area contributed by atoms with Crippen LogP contribution in [0.2, 0.25) is 10.0 Å². The van der Waals surface area contributed by atoms with Gasteiger partial charge >= 0.3 is 5.97 Å². The van der Waals surface area contributed by atoms with Crippen molar-refractivity contribution in [3.05, 3.63) is 33.8 Å². The van der Waals surface area contributed by atoms with E-state index in [0.29, 0.717) is 15.6 Å². The molecule has 108 valence electrons. The molecule has 1 atom stereocenters. The summed E-state index contributed by atoms with van der Waals surface area (Å²) >= 11 is 12.0. The number of halogens is 2. The van der Waals surface area contributed by atoms with Gasteiger partial charge in [0.1, 0.15) is 11.5 Å². The molecule has 0 aromatic heterocycles. The molecule has 5 heteroatoms. The van der Waals surface area contributed by atoms with Crippen LogP contribution in [-0.2, 0) is 14.3 Å². The summed E-state index contributed by atoms with van der Waals surface area (Å²) in [6.07, 6.45) is -0.708. The second kappa shape index (κ2) is 4.74.